The van der Waals surface area contributed by atoms with Gasteiger partial charge in [0, 0.05) is 5.57 Å². The maximum Gasteiger partial charge on any atom is 0.323 e. The summed E-state index contributed by atoms with van der Waals surface area (Å²) in [6, 6.07) is -0.864. The van der Waals surface area contributed by atoms with E-state index in [0.717, 1.165) is 5.41 Å². The molecule has 0 saturated carbocycles. The van der Waals surface area contributed by atoms with Crippen molar-refractivity contribution in [3.8, 4) is 0 Å². The minimum absolute atomic E-state index is 0.0532. The van der Waals surface area contributed by atoms with Crippen LogP contribution in [0.25, 0.3) is 0 Å². The minimum atomic E-state index is -4.18. The van der Waals surface area contributed by atoms with Gasteiger partial charge in [-0.25, -0.2) is 8.98 Å². The first kappa shape index (κ1) is 32.7. The van der Waals surface area contributed by atoms with Crippen LogP contribution in [0.1, 0.15) is 48.5 Å². The average molecular weight is 592 g/mol. The number of imide groups is 1. The summed E-state index contributed by atoms with van der Waals surface area (Å²) in [6.07, 6.45) is -3.41. The van der Waals surface area contributed by atoms with E-state index in [-0.39, 0.29) is 28.0 Å². The fourth-order valence-corrected chi connectivity index (χ4v) is 7.03. The van der Waals surface area contributed by atoms with Gasteiger partial charge in [-0.1, -0.05) is 48.1 Å². The smallest absolute Gasteiger partial charge is 0.323 e. The Morgan fingerprint density at radius 2 is 1.63 bits per heavy atom. The molecule has 1 saturated heterocycles. The molecule has 4 N–H and O–H groups in total. The molecular formula is C24H45N3O8SSi2. The molecule has 0 aromatic rings. The Kier molecular flexibility index (Phi) is 8.98. The molecule has 2 rings (SSSR count). The van der Waals surface area contributed by atoms with E-state index in [1.165, 1.54) is 6.92 Å². The number of nitrogens with one attached hydrogen (secondary N) is 2. The maximum absolute atomic E-state index is 12.8. The van der Waals surface area contributed by atoms with Crippen LogP contribution in [0.4, 0.5) is 4.79 Å². The molecule has 3 amide bonds. The number of hydrogen-bond acceptors (Lipinski definition) is 9. The normalized spacial score (nSPS) is 27.8. The van der Waals surface area contributed by atoms with Crippen LogP contribution in [0.2, 0.25) is 36.3 Å². The van der Waals surface area contributed by atoms with Gasteiger partial charge in [0.1, 0.15) is 12.2 Å². The molecule has 2 aliphatic heterocycles. The van der Waals surface area contributed by atoms with E-state index >= 15 is 0 Å². The molecule has 1 fully saturated rings. The Morgan fingerprint density at radius 1 is 1.11 bits per heavy atom. The molecule has 1 spiro atoms. The van der Waals surface area contributed by atoms with Crippen molar-refractivity contribution in [2.75, 3.05) is 6.61 Å². The molecule has 0 aliphatic carbocycles. The van der Waals surface area contributed by atoms with Gasteiger partial charge in [-0.15, -0.1) is 0 Å². The summed E-state index contributed by atoms with van der Waals surface area (Å²) in [4.78, 5) is 24.8. The van der Waals surface area contributed by atoms with E-state index in [1.54, 1.807) is 0 Å². The van der Waals surface area contributed by atoms with Crippen molar-refractivity contribution in [2.45, 2.75) is 109 Å². The topological polar surface area (TPSA) is 155 Å². The van der Waals surface area contributed by atoms with Gasteiger partial charge >= 0.3 is 6.03 Å². The van der Waals surface area contributed by atoms with Crippen LogP contribution in [0.5, 0.6) is 0 Å². The van der Waals surface area contributed by atoms with Crippen LogP contribution in [0.3, 0.4) is 0 Å². The summed E-state index contributed by atoms with van der Waals surface area (Å²) in [5.41, 5.74) is 4.62. The zero-order valence-corrected chi connectivity index (χ0v) is 27.3. The largest absolute Gasteiger partial charge is 0.414 e. The molecule has 2 heterocycles. The summed E-state index contributed by atoms with van der Waals surface area (Å²) >= 11 is 0. The van der Waals surface area contributed by atoms with E-state index < -0.39 is 62.7 Å². The SMILES string of the molecule is C=C(C)C(=O)NC(=O)N[C@@H]1O[C@H](CO[Si](C)(C)C(C)(C)C)[C@@]2(OS(=O)(=O)C=C2N)[C@H]1O[Si](C)(C)C(C)(C)C. The lowest BCUT2D eigenvalue weighted by Gasteiger charge is -2.43. The van der Waals surface area contributed by atoms with Crippen molar-refractivity contribution in [1.82, 2.24) is 10.6 Å². The molecule has 218 valence electrons. The van der Waals surface area contributed by atoms with Crippen molar-refractivity contribution in [3.63, 3.8) is 0 Å². The van der Waals surface area contributed by atoms with Crippen LogP contribution in [0.15, 0.2) is 23.3 Å². The fraction of sp³-hybridized carbons (Fsp3) is 0.750. The van der Waals surface area contributed by atoms with E-state index in [2.05, 4.69) is 51.1 Å². The van der Waals surface area contributed by atoms with E-state index in [0.29, 0.717) is 0 Å². The predicted octanol–water partition coefficient (Wildman–Crippen LogP) is 3.42. The van der Waals surface area contributed by atoms with Crippen molar-refractivity contribution in [1.29, 1.82) is 0 Å². The zero-order chi connectivity index (χ0) is 29.7. The molecule has 0 bridgehead atoms. The average Bonchev–Trinajstić information content (AvgIpc) is 3.10. The first-order valence-electron chi connectivity index (χ1n) is 12.5. The summed E-state index contributed by atoms with van der Waals surface area (Å²) in [7, 11) is -9.12. The van der Waals surface area contributed by atoms with Gasteiger partial charge < -0.3 is 24.6 Å². The van der Waals surface area contributed by atoms with Crippen molar-refractivity contribution < 1.29 is 35.8 Å². The van der Waals surface area contributed by atoms with E-state index in [9.17, 15) is 18.0 Å². The molecule has 2 aliphatic rings. The number of ether oxygens (including phenoxy) is 1. The molecule has 11 nitrogen and oxygen atoms in total. The number of urea groups is 1. The van der Waals surface area contributed by atoms with Gasteiger partial charge in [0.2, 0.25) is 0 Å². The number of carbonyl (C=O) groups excluding carboxylic acids is 2. The second-order valence-corrected chi connectivity index (χ2v) is 24.0. The monoisotopic (exact) mass is 591 g/mol. The molecule has 38 heavy (non-hydrogen) atoms. The number of amides is 3. The quantitative estimate of drug-likeness (QED) is 0.229. The van der Waals surface area contributed by atoms with Gasteiger partial charge in [-0.2, -0.15) is 8.42 Å². The fourth-order valence-electron chi connectivity index (χ4n) is 3.51. The van der Waals surface area contributed by atoms with Crippen molar-refractivity contribution in [2.24, 2.45) is 5.73 Å². The highest BCUT2D eigenvalue weighted by Gasteiger charge is 2.67. The minimum Gasteiger partial charge on any atom is -0.414 e. The third-order valence-electron chi connectivity index (χ3n) is 7.98. The van der Waals surface area contributed by atoms with E-state index in [4.69, 9.17) is 23.5 Å². The number of hydrogen-bond donors (Lipinski definition) is 3. The lowest BCUT2D eigenvalue weighted by molar-refractivity contribution is -0.116. The second kappa shape index (κ2) is 10.4. The Labute approximate surface area is 229 Å². The number of nitrogens with two attached hydrogens (primary N) is 1. The Balaban J connectivity index is 2.58. The zero-order valence-electron chi connectivity index (χ0n) is 24.5. The van der Waals surface area contributed by atoms with Crippen LogP contribution in [-0.2, 0) is 32.7 Å². The molecule has 0 aromatic carbocycles. The standard InChI is InChI=1S/C24H45N3O8SSi2/c1-15(2)19(28)26-21(29)27-20-18(34-38(11,12)23(6,7)8)24(16(25)14-36(30,31)35-24)17(33-20)13-32-37(9,10)22(3,4)5/h14,17-18,20H,1,13,25H2,2-12H3,(H2,26,27,28,29)/t17-,18+,20-,24-/m1/s1. The third-order valence-corrected chi connectivity index (χ3v) is 18.0. The van der Waals surface area contributed by atoms with Gasteiger partial charge in [0.25, 0.3) is 16.0 Å². The van der Waals surface area contributed by atoms with Crippen LogP contribution in [-0.4, -0.2) is 67.6 Å². The van der Waals surface area contributed by atoms with Gasteiger partial charge in [0.05, 0.1) is 17.7 Å². The second-order valence-electron chi connectivity index (χ2n) is 13.1. The summed E-state index contributed by atoms with van der Waals surface area (Å²) in [5.74, 6) is -0.672. The Hall–Kier alpha value is -1.56. The first-order valence-corrected chi connectivity index (χ1v) is 19.8. The highest BCUT2D eigenvalue weighted by molar-refractivity contribution is 7.90. The van der Waals surface area contributed by atoms with Crippen molar-refractivity contribution >= 4 is 38.7 Å². The van der Waals surface area contributed by atoms with Crippen LogP contribution >= 0.6 is 0 Å². The summed E-state index contributed by atoms with van der Waals surface area (Å²) in [5, 5.41) is 5.21. The third kappa shape index (κ3) is 6.59. The van der Waals surface area contributed by atoms with E-state index in [1.807, 2.05) is 33.9 Å². The molecular weight excluding hydrogens is 547 g/mol. The number of carbonyl (C=O) groups is 2. The van der Waals surface area contributed by atoms with Crippen LogP contribution < -0.4 is 16.4 Å². The van der Waals surface area contributed by atoms with Gasteiger partial charge in [-0.05, 0) is 43.2 Å². The summed E-state index contributed by atoms with van der Waals surface area (Å²) in [6.45, 7) is 25.3. The van der Waals surface area contributed by atoms with Gasteiger partial charge in [-0.3, -0.25) is 10.1 Å². The molecule has 14 heteroatoms. The van der Waals surface area contributed by atoms with Crippen molar-refractivity contribution in [3.05, 3.63) is 23.3 Å². The Bertz CT molecular complexity index is 1110. The molecule has 0 unspecified atom stereocenters. The van der Waals surface area contributed by atoms with Crippen LogP contribution in [0, 0.1) is 0 Å². The maximum atomic E-state index is 12.8. The lowest BCUT2D eigenvalue weighted by atomic mass is 9.89. The molecule has 0 aromatic heterocycles. The molecule has 0 radical (unpaired) electrons. The first-order chi connectivity index (χ1) is 16.9. The molecule has 4 atom stereocenters. The predicted molar refractivity (Wildman–Crippen MR) is 150 cm³/mol. The summed E-state index contributed by atoms with van der Waals surface area (Å²) < 4.78 is 50.4. The Morgan fingerprint density at radius 3 is 2.05 bits per heavy atom. The highest BCUT2D eigenvalue weighted by atomic mass is 32.2. The highest BCUT2D eigenvalue weighted by Crippen LogP contribution is 2.49. The van der Waals surface area contributed by atoms with Gasteiger partial charge in [0.15, 0.2) is 28.5 Å². The number of rotatable bonds is 7. The lowest BCUT2D eigenvalue weighted by Crippen LogP contribution is -2.61.